The first-order chi connectivity index (χ1) is 11.6. The molecule has 0 bridgehead atoms. The van der Waals surface area contributed by atoms with Gasteiger partial charge in [-0.1, -0.05) is 75.8 Å². The van der Waals surface area contributed by atoms with Gasteiger partial charge in [-0.2, -0.15) is 0 Å². The van der Waals surface area contributed by atoms with Crippen LogP contribution in [-0.4, -0.2) is 5.11 Å². The Bertz CT molecular complexity index is 391. The van der Waals surface area contributed by atoms with E-state index in [0.717, 1.165) is 25.2 Å². The Kier molecular flexibility index (Phi) is 15.5. The van der Waals surface area contributed by atoms with Crippen molar-refractivity contribution in [3.05, 3.63) is 36.6 Å². The van der Waals surface area contributed by atoms with Crippen LogP contribution in [0.3, 0.4) is 0 Å². The molecule has 0 heterocycles. The van der Waals surface area contributed by atoms with Crippen LogP contribution in [0.25, 0.3) is 0 Å². The summed E-state index contributed by atoms with van der Waals surface area (Å²) in [4.78, 5) is 0. The van der Waals surface area contributed by atoms with Gasteiger partial charge in [0.2, 0.25) is 0 Å². The predicted octanol–water partition coefficient (Wildman–Crippen LogP) is 7.37. The molecule has 1 atom stereocenters. The first-order valence-electron chi connectivity index (χ1n) is 9.76. The zero-order valence-corrected chi connectivity index (χ0v) is 16.0. The lowest BCUT2D eigenvalue weighted by Gasteiger charge is -2.06. The van der Waals surface area contributed by atoms with Crippen molar-refractivity contribution in [3.8, 4) is 12.3 Å². The molecule has 0 aromatic rings. The number of unbranched alkanes of at least 4 members (excludes halogenated alkanes) is 3. The molecule has 1 aliphatic carbocycles. The second-order valence-electron chi connectivity index (χ2n) is 6.73. The summed E-state index contributed by atoms with van der Waals surface area (Å²) in [6.45, 7) is 7.61. The Labute approximate surface area is 150 Å². The number of aliphatic hydroxyl groups excluding tert-OH is 1. The molecule has 1 N–H and O–H groups in total. The Hall–Kier alpha value is -1.42. The molecule has 1 fully saturated rings. The van der Waals surface area contributed by atoms with Gasteiger partial charge >= 0.3 is 0 Å². The summed E-state index contributed by atoms with van der Waals surface area (Å²) in [7, 11) is 0. The lowest BCUT2D eigenvalue weighted by Crippen LogP contribution is -1.94. The van der Waals surface area contributed by atoms with E-state index in [-0.39, 0.29) is 0 Å². The van der Waals surface area contributed by atoms with Crippen LogP contribution < -0.4 is 0 Å². The minimum atomic E-state index is 0.291. The van der Waals surface area contributed by atoms with Crippen LogP contribution >= 0.6 is 0 Å². The van der Waals surface area contributed by atoms with Crippen LogP contribution in [0, 0.1) is 24.2 Å². The smallest absolute Gasteiger partial charge is 0.0851 e. The van der Waals surface area contributed by atoms with E-state index >= 15 is 0 Å². The average Bonchev–Trinajstić information content (AvgIpc) is 3.09. The minimum absolute atomic E-state index is 0.291. The van der Waals surface area contributed by atoms with Gasteiger partial charge in [0.25, 0.3) is 0 Å². The number of terminal acetylenes is 1. The van der Waals surface area contributed by atoms with Crippen molar-refractivity contribution in [2.45, 2.75) is 84.5 Å². The molecular weight excluding hydrogens is 292 g/mol. The highest BCUT2D eigenvalue weighted by atomic mass is 16.3. The number of allylic oxidation sites excluding steroid dienone is 5. The third kappa shape index (κ3) is 14.2. The lowest BCUT2D eigenvalue weighted by molar-refractivity contribution is 0.387. The summed E-state index contributed by atoms with van der Waals surface area (Å²) in [5.74, 6) is 4.40. The number of hydrogen-bond acceptors (Lipinski definition) is 1. The van der Waals surface area contributed by atoms with Gasteiger partial charge in [-0.05, 0) is 44.9 Å². The second-order valence-corrected chi connectivity index (χ2v) is 6.73. The fourth-order valence-corrected chi connectivity index (χ4v) is 2.88. The molecule has 0 radical (unpaired) electrons. The van der Waals surface area contributed by atoms with E-state index in [1.165, 1.54) is 51.4 Å². The van der Waals surface area contributed by atoms with Crippen LogP contribution in [0.2, 0.25) is 0 Å². The van der Waals surface area contributed by atoms with E-state index in [0.29, 0.717) is 11.7 Å². The zero-order valence-electron chi connectivity index (χ0n) is 16.0. The van der Waals surface area contributed by atoms with Crippen molar-refractivity contribution in [2.75, 3.05) is 0 Å². The standard InChI is InChI=1S/C15H24.C8H14O/c1-3-5-6-9-14(4-2)12-13-15-10-7-8-11-15;1-3-4-5-6-7-8(2)9/h2,12-15H,3,5-11H2,1H3;3-4,9H,2,5-7H2,1H3/b13-12+;4-3-. The molecule has 24 heavy (non-hydrogen) atoms. The summed E-state index contributed by atoms with van der Waals surface area (Å²) < 4.78 is 0. The van der Waals surface area contributed by atoms with Crippen molar-refractivity contribution in [1.29, 1.82) is 0 Å². The van der Waals surface area contributed by atoms with Gasteiger partial charge in [-0.3, -0.25) is 0 Å². The zero-order chi connectivity index (χ0) is 18.0. The van der Waals surface area contributed by atoms with E-state index in [9.17, 15) is 0 Å². The Balaban J connectivity index is 0.000000506. The molecule has 0 aromatic carbocycles. The Morgan fingerprint density at radius 2 is 2.00 bits per heavy atom. The molecule has 1 nitrogen and oxygen atoms in total. The molecule has 1 heteroatoms. The first kappa shape index (κ1) is 22.6. The third-order valence-electron chi connectivity index (χ3n) is 4.42. The highest BCUT2D eigenvalue weighted by Crippen LogP contribution is 2.26. The number of rotatable bonds is 10. The highest BCUT2D eigenvalue weighted by molar-refractivity contribution is 5.06. The van der Waals surface area contributed by atoms with E-state index in [1.807, 2.05) is 13.0 Å². The third-order valence-corrected chi connectivity index (χ3v) is 4.42. The average molecular weight is 331 g/mol. The van der Waals surface area contributed by atoms with Crippen LogP contribution in [0.1, 0.15) is 84.5 Å². The van der Waals surface area contributed by atoms with E-state index < -0.39 is 0 Å². The van der Waals surface area contributed by atoms with Gasteiger partial charge in [0.1, 0.15) is 0 Å². The molecule has 1 aliphatic rings. The van der Waals surface area contributed by atoms with Gasteiger partial charge in [0.05, 0.1) is 5.76 Å². The topological polar surface area (TPSA) is 20.2 Å². The van der Waals surface area contributed by atoms with Crippen LogP contribution in [0.4, 0.5) is 0 Å². The Morgan fingerprint density at radius 3 is 2.54 bits per heavy atom. The molecule has 0 spiro atoms. The molecule has 1 saturated carbocycles. The molecular formula is C23H38O. The van der Waals surface area contributed by atoms with Crippen molar-refractivity contribution in [1.82, 2.24) is 0 Å². The predicted molar refractivity (Wildman–Crippen MR) is 108 cm³/mol. The van der Waals surface area contributed by atoms with E-state index in [1.54, 1.807) is 0 Å². The van der Waals surface area contributed by atoms with Gasteiger partial charge < -0.3 is 5.11 Å². The normalized spacial score (nSPS) is 16.0. The summed E-state index contributed by atoms with van der Waals surface area (Å²) in [6, 6.07) is 0. The highest BCUT2D eigenvalue weighted by Gasteiger charge is 2.11. The van der Waals surface area contributed by atoms with Gasteiger partial charge in [-0.15, -0.1) is 6.42 Å². The van der Waals surface area contributed by atoms with E-state index in [2.05, 4.69) is 37.7 Å². The summed E-state index contributed by atoms with van der Waals surface area (Å²) in [5, 5.41) is 8.63. The first-order valence-corrected chi connectivity index (χ1v) is 9.76. The number of hydrogen-bond donors (Lipinski definition) is 1. The maximum Gasteiger partial charge on any atom is 0.0851 e. The summed E-state index contributed by atoms with van der Waals surface area (Å²) in [5.41, 5.74) is 0. The van der Waals surface area contributed by atoms with Crippen LogP contribution in [0.15, 0.2) is 36.6 Å². The molecule has 0 aliphatic heterocycles. The van der Waals surface area contributed by atoms with Crippen molar-refractivity contribution in [3.63, 3.8) is 0 Å². The Morgan fingerprint density at radius 1 is 1.29 bits per heavy atom. The monoisotopic (exact) mass is 330 g/mol. The van der Waals surface area contributed by atoms with E-state index in [4.69, 9.17) is 11.5 Å². The van der Waals surface area contributed by atoms with Gasteiger partial charge in [-0.25, -0.2) is 0 Å². The van der Waals surface area contributed by atoms with Gasteiger partial charge in [0, 0.05) is 12.3 Å². The van der Waals surface area contributed by atoms with Crippen molar-refractivity contribution >= 4 is 0 Å². The fraction of sp³-hybridized carbons (Fsp3) is 0.652. The molecule has 0 amide bonds. The maximum absolute atomic E-state index is 8.63. The van der Waals surface area contributed by atoms with Crippen molar-refractivity contribution in [2.24, 2.45) is 11.8 Å². The molecule has 1 rings (SSSR count). The van der Waals surface area contributed by atoms with Crippen molar-refractivity contribution < 1.29 is 5.11 Å². The summed E-state index contributed by atoms with van der Waals surface area (Å²) in [6.07, 6.45) is 27.7. The SMILES string of the molecule is C#CC(/C=C/C1CCCC1)CCCCC.C=C(O)CCC/C=C\C. The summed E-state index contributed by atoms with van der Waals surface area (Å²) >= 11 is 0. The van der Waals surface area contributed by atoms with Crippen LogP contribution in [-0.2, 0) is 0 Å². The van der Waals surface area contributed by atoms with Gasteiger partial charge in [0.15, 0.2) is 0 Å². The second kappa shape index (κ2) is 16.4. The molecule has 1 unspecified atom stereocenters. The molecule has 136 valence electrons. The minimum Gasteiger partial charge on any atom is -0.513 e. The quantitative estimate of drug-likeness (QED) is 0.192. The molecule has 0 saturated heterocycles. The largest absolute Gasteiger partial charge is 0.513 e. The lowest BCUT2D eigenvalue weighted by atomic mass is 9.98. The fourth-order valence-electron chi connectivity index (χ4n) is 2.88. The van der Waals surface area contributed by atoms with Crippen LogP contribution in [0.5, 0.6) is 0 Å². The molecule has 0 aromatic heterocycles. The maximum atomic E-state index is 8.63. The number of aliphatic hydroxyl groups is 1.